The van der Waals surface area contributed by atoms with E-state index in [-0.39, 0.29) is 5.41 Å². The van der Waals surface area contributed by atoms with Crippen LogP contribution in [-0.4, -0.2) is 4.57 Å². The van der Waals surface area contributed by atoms with Crippen LogP contribution in [0.2, 0.25) is 0 Å². The molecule has 2 heteroatoms. The average molecular weight is 343 g/mol. The Balaban J connectivity index is 1.92. The van der Waals surface area contributed by atoms with Crippen LogP contribution in [0.15, 0.2) is 54.6 Å². The van der Waals surface area contributed by atoms with Gasteiger partial charge in [0.1, 0.15) is 0 Å². The molecule has 5 aromatic rings. The first-order chi connectivity index (χ1) is 11.9. The molecule has 0 aliphatic rings. The van der Waals surface area contributed by atoms with Gasteiger partial charge in [-0.2, -0.15) is 0 Å². The Hall–Kier alpha value is -2.32. The van der Waals surface area contributed by atoms with E-state index in [2.05, 4.69) is 87.0 Å². The highest BCUT2D eigenvalue weighted by molar-refractivity contribution is 7.25. The number of rotatable bonds is 0. The molecule has 0 amide bonds. The van der Waals surface area contributed by atoms with Gasteiger partial charge in [0.15, 0.2) is 0 Å². The highest BCUT2D eigenvalue weighted by Crippen LogP contribution is 2.39. The maximum absolute atomic E-state index is 2.39. The van der Waals surface area contributed by atoms with Crippen LogP contribution in [0, 0.1) is 0 Å². The second kappa shape index (κ2) is 4.86. The monoisotopic (exact) mass is 343 g/mol. The number of nitrogens with zero attached hydrogens (tertiary/aromatic N) is 1. The molecule has 124 valence electrons. The first kappa shape index (κ1) is 15.0. The van der Waals surface area contributed by atoms with Crippen LogP contribution >= 0.6 is 11.3 Å². The summed E-state index contributed by atoms with van der Waals surface area (Å²) in [4.78, 5) is 0. The Morgan fingerprint density at radius 1 is 0.720 bits per heavy atom. The van der Waals surface area contributed by atoms with Gasteiger partial charge in [0.05, 0.1) is 5.52 Å². The van der Waals surface area contributed by atoms with Crippen LogP contribution in [0.5, 0.6) is 0 Å². The van der Waals surface area contributed by atoms with Crippen molar-refractivity contribution in [2.75, 3.05) is 0 Å². The third-order valence-electron chi connectivity index (χ3n) is 5.37. The number of fused-ring (bicyclic) bond motifs is 6. The third-order valence-corrected chi connectivity index (χ3v) is 6.51. The Morgan fingerprint density at radius 2 is 1.48 bits per heavy atom. The molecule has 0 saturated heterocycles. The van der Waals surface area contributed by atoms with E-state index in [1.807, 2.05) is 11.3 Å². The minimum absolute atomic E-state index is 0.168. The lowest BCUT2D eigenvalue weighted by atomic mass is 9.86. The van der Waals surface area contributed by atoms with E-state index in [1.54, 1.807) is 0 Å². The zero-order valence-electron chi connectivity index (χ0n) is 15.1. The predicted octanol–water partition coefficient (Wildman–Crippen LogP) is 7.00. The molecule has 0 N–H and O–H groups in total. The molecule has 2 heterocycles. The van der Waals surface area contributed by atoms with Gasteiger partial charge in [-0.25, -0.2) is 0 Å². The summed E-state index contributed by atoms with van der Waals surface area (Å²) < 4.78 is 5.09. The topological polar surface area (TPSA) is 4.93 Å². The summed E-state index contributed by atoms with van der Waals surface area (Å²) in [7, 11) is 2.19. The van der Waals surface area contributed by atoms with E-state index in [0.717, 1.165) is 0 Å². The molecule has 0 spiro atoms. The minimum atomic E-state index is 0.168. The molecule has 5 rings (SSSR count). The van der Waals surface area contributed by atoms with Gasteiger partial charge >= 0.3 is 0 Å². The van der Waals surface area contributed by atoms with Gasteiger partial charge in [0, 0.05) is 43.5 Å². The minimum Gasteiger partial charge on any atom is -0.344 e. The summed E-state index contributed by atoms with van der Waals surface area (Å²) in [5.74, 6) is 0. The number of hydrogen-bond donors (Lipinski definition) is 0. The van der Waals surface area contributed by atoms with Gasteiger partial charge in [-0.1, -0.05) is 51.1 Å². The Labute approximate surface area is 151 Å². The van der Waals surface area contributed by atoms with E-state index in [1.165, 1.54) is 47.5 Å². The van der Waals surface area contributed by atoms with E-state index in [9.17, 15) is 0 Å². The highest BCUT2D eigenvalue weighted by atomic mass is 32.1. The van der Waals surface area contributed by atoms with Crippen molar-refractivity contribution in [2.24, 2.45) is 7.05 Å². The smallest absolute Gasteiger partial charge is 0.0503 e. The summed E-state index contributed by atoms with van der Waals surface area (Å²) in [6, 6.07) is 20.4. The third kappa shape index (κ3) is 2.07. The first-order valence-electron chi connectivity index (χ1n) is 8.77. The molecular weight excluding hydrogens is 322 g/mol. The van der Waals surface area contributed by atoms with Crippen molar-refractivity contribution >= 4 is 53.3 Å². The lowest BCUT2D eigenvalue weighted by Gasteiger charge is -2.19. The molecule has 0 aliphatic heterocycles. The second-order valence-corrected chi connectivity index (χ2v) is 9.09. The zero-order valence-corrected chi connectivity index (χ0v) is 15.9. The Kier molecular flexibility index (Phi) is 2.91. The number of hydrogen-bond acceptors (Lipinski definition) is 1. The van der Waals surface area contributed by atoms with E-state index in [0.29, 0.717) is 0 Å². The van der Waals surface area contributed by atoms with Crippen molar-refractivity contribution in [2.45, 2.75) is 26.2 Å². The molecule has 0 unspecified atom stereocenters. The fraction of sp³-hybridized carbons (Fsp3) is 0.217. The van der Waals surface area contributed by atoms with Crippen LogP contribution < -0.4 is 0 Å². The van der Waals surface area contributed by atoms with E-state index in [4.69, 9.17) is 0 Å². The van der Waals surface area contributed by atoms with Gasteiger partial charge in [-0.15, -0.1) is 11.3 Å². The van der Waals surface area contributed by atoms with Gasteiger partial charge in [-0.3, -0.25) is 0 Å². The van der Waals surface area contributed by atoms with Crippen molar-refractivity contribution in [3.8, 4) is 0 Å². The largest absolute Gasteiger partial charge is 0.344 e. The Morgan fingerprint density at radius 3 is 2.28 bits per heavy atom. The first-order valence-corrected chi connectivity index (χ1v) is 9.59. The van der Waals surface area contributed by atoms with E-state index >= 15 is 0 Å². The Bertz CT molecular complexity index is 1280. The quantitative estimate of drug-likeness (QED) is 0.285. The van der Waals surface area contributed by atoms with Gasteiger partial charge < -0.3 is 4.57 Å². The molecule has 3 aromatic carbocycles. The molecule has 1 nitrogen and oxygen atoms in total. The maximum atomic E-state index is 2.39. The fourth-order valence-corrected chi connectivity index (χ4v) is 5.01. The normalized spacial score (nSPS) is 12.8. The van der Waals surface area contributed by atoms with Crippen molar-refractivity contribution in [3.63, 3.8) is 0 Å². The summed E-state index contributed by atoms with van der Waals surface area (Å²) in [5.41, 5.74) is 4.20. The van der Waals surface area contributed by atoms with Crippen molar-refractivity contribution < 1.29 is 0 Å². The summed E-state index contributed by atoms with van der Waals surface area (Å²) in [5, 5.41) is 5.45. The van der Waals surface area contributed by atoms with Gasteiger partial charge in [-0.05, 0) is 35.2 Å². The molecule has 0 atom stereocenters. The second-order valence-electron chi connectivity index (χ2n) is 8.00. The maximum Gasteiger partial charge on any atom is 0.0503 e. The molecule has 25 heavy (non-hydrogen) atoms. The molecule has 0 saturated carbocycles. The van der Waals surface area contributed by atoms with E-state index < -0.39 is 0 Å². The van der Waals surface area contributed by atoms with Crippen molar-refractivity contribution in [1.29, 1.82) is 0 Å². The molecule has 0 aliphatic carbocycles. The molecule has 0 radical (unpaired) electrons. The SMILES string of the molecule is Cn1c2cc(C(C)(C)C)ccc2c2cc3c(cc21)sc1ccccc13. The van der Waals surface area contributed by atoms with Crippen molar-refractivity contribution in [3.05, 3.63) is 60.2 Å². The molecule has 0 fully saturated rings. The highest BCUT2D eigenvalue weighted by Gasteiger charge is 2.17. The number of aromatic nitrogens is 1. The van der Waals surface area contributed by atoms with Crippen LogP contribution in [0.4, 0.5) is 0 Å². The van der Waals surface area contributed by atoms with Crippen molar-refractivity contribution in [1.82, 2.24) is 4.57 Å². The number of thiophene rings is 1. The van der Waals surface area contributed by atoms with Crippen LogP contribution in [0.3, 0.4) is 0 Å². The zero-order chi connectivity index (χ0) is 17.3. The number of benzene rings is 3. The number of aryl methyl sites for hydroxylation is 1. The lowest BCUT2D eigenvalue weighted by molar-refractivity contribution is 0.591. The van der Waals surface area contributed by atoms with Crippen LogP contribution in [0.1, 0.15) is 26.3 Å². The summed E-state index contributed by atoms with van der Waals surface area (Å²) in [6.07, 6.45) is 0. The summed E-state index contributed by atoms with van der Waals surface area (Å²) in [6.45, 7) is 6.83. The van der Waals surface area contributed by atoms with Gasteiger partial charge in [0.2, 0.25) is 0 Å². The van der Waals surface area contributed by atoms with Gasteiger partial charge in [0.25, 0.3) is 0 Å². The molecular formula is C23H21NS. The van der Waals surface area contributed by atoms with Crippen LogP contribution in [0.25, 0.3) is 42.0 Å². The predicted molar refractivity (Wildman–Crippen MR) is 112 cm³/mol. The summed E-state index contributed by atoms with van der Waals surface area (Å²) >= 11 is 1.89. The standard InChI is InChI=1S/C23H21NS/c1-23(2,3)14-9-10-15-17-12-18-16-7-5-6-8-21(16)25-22(18)13-20(17)24(4)19(15)11-14/h5-13H,1-4H3. The molecule has 0 bridgehead atoms. The fourth-order valence-electron chi connectivity index (χ4n) is 3.89. The van der Waals surface area contributed by atoms with Crippen LogP contribution in [-0.2, 0) is 12.5 Å². The molecule has 2 aromatic heterocycles. The average Bonchev–Trinajstić information content (AvgIpc) is 3.08. The lowest BCUT2D eigenvalue weighted by Crippen LogP contribution is -2.10.